The molecule has 0 saturated carbocycles. The van der Waals surface area contributed by atoms with Crippen LogP contribution in [0, 0.1) is 0 Å². The number of aromatic nitrogens is 1. The fourth-order valence-corrected chi connectivity index (χ4v) is 4.71. The maximum Gasteiger partial charge on any atom is 0.252 e. The van der Waals surface area contributed by atoms with Gasteiger partial charge in [-0.05, 0) is 36.6 Å². The number of carbonyl (C=O) groups excluding carboxylic acids is 1. The van der Waals surface area contributed by atoms with Gasteiger partial charge >= 0.3 is 0 Å². The van der Waals surface area contributed by atoms with Crippen LogP contribution in [0.3, 0.4) is 0 Å². The van der Waals surface area contributed by atoms with Crippen molar-refractivity contribution in [2.24, 2.45) is 5.73 Å². The number of hydrogen-bond acceptors (Lipinski definition) is 7. The Morgan fingerprint density at radius 2 is 1.81 bits per heavy atom. The molecule has 0 bridgehead atoms. The number of rotatable bonds is 5. The first-order valence-corrected chi connectivity index (χ1v) is 11.4. The third kappa shape index (κ3) is 4.99. The van der Waals surface area contributed by atoms with E-state index < -0.39 is 0 Å². The first kappa shape index (κ1) is 22.8. The van der Waals surface area contributed by atoms with Gasteiger partial charge in [-0.2, -0.15) is 0 Å². The predicted molar refractivity (Wildman–Crippen MR) is 126 cm³/mol. The zero-order valence-corrected chi connectivity index (χ0v) is 19.2. The van der Waals surface area contributed by atoms with Crippen LogP contribution in [0.5, 0.6) is 5.75 Å². The topological polar surface area (TPSA) is 98.0 Å². The standard InChI is InChI=1S/C23H31ClN6O2/c1-26-22(32)18-14-20(31)21(27-15-18)29-10-12-30(13-11-29)23(25)6-8-28(9-7-23)16-17-2-4-19(24)5-3-17/h2-5,14-15,31H,6-13,16,25H2,1H3,(H,26,32). The van der Waals surface area contributed by atoms with E-state index in [-0.39, 0.29) is 17.3 Å². The summed E-state index contributed by atoms with van der Waals surface area (Å²) in [6.07, 6.45) is 3.34. The van der Waals surface area contributed by atoms with E-state index in [1.807, 2.05) is 12.1 Å². The minimum absolute atomic E-state index is 0.0255. The highest BCUT2D eigenvalue weighted by molar-refractivity contribution is 6.30. The van der Waals surface area contributed by atoms with Crippen LogP contribution in [0.2, 0.25) is 5.02 Å². The molecule has 0 atom stereocenters. The van der Waals surface area contributed by atoms with Gasteiger partial charge in [0.05, 0.1) is 11.2 Å². The second-order valence-corrected chi connectivity index (χ2v) is 9.06. The van der Waals surface area contributed by atoms with Gasteiger partial charge in [0.15, 0.2) is 11.6 Å². The summed E-state index contributed by atoms with van der Waals surface area (Å²) in [6, 6.07) is 9.50. The lowest BCUT2D eigenvalue weighted by Crippen LogP contribution is -2.65. The second kappa shape index (κ2) is 9.62. The van der Waals surface area contributed by atoms with Crippen molar-refractivity contribution in [2.75, 3.05) is 51.2 Å². The number of piperidine rings is 1. The lowest BCUT2D eigenvalue weighted by atomic mass is 9.94. The molecule has 2 aromatic rings. The molecule has 2 saturated heterocycles. The molecular formula is C23H31ClN6O2. The van der Waals surface area contributed by atoms with Crippen molar-refractivity contribution >= 4 is 23.3 Å². The quantitative estimate of drug-likeness (QED) is 0.629. The SMILES string of the molecule is CNC(=O)c1cnc(N2CCN(C3(N)CCN(Cc4ccc(Cl)cc4)CC3)CC2)c(O)c1. The zero-order chi connectivity index (χ0) is 22.7. The molecule has 2 aliphatic heterocycles. The van der Waals surface area contributed by atoms with E-state index in [0.717, 1.165) is 63.7 Å². The Morgan fingerprint density at radius 1 is 1.16 bits per heavy atom. The molecule has 1 aromatic heterocycles. The molecule has 8 nitrogen and oxygen atoms in total. The number of hydrogen-bond donors (Lipinski definition) is 3. The van der Waals surface area contributed by atoms with E-state index in [4.69, 9.17) is 17.3 Å². The van der Waals surface area contributed by atoms with Gasteiger partial charge in [-0.3, -0.25) is 14.6 Å². The minimum atomic E-state index is -0.304. The van der Waals surface area contributed by atoms with Crippen molar-refractivity contribution in [2.45, 2.75) is 25.0 Å². The van der Waals surface area contributed by atoms with E-state index in [2.05, 4.69) is 37.1 Å². The summed E-state index contributed by atoms with van der Waals surface area (Å²) < 4.78 is 0. The highest BCUT2D eigenvalue weighted by Crippen LogP contribution is 2.30. The Hall–Kier alpha value is -2.39. The van der Waals surface area contributed by atoms with E-state index in [9.17, 15) is 9.90 Å². The molecule has 4 N–H and O–H groups in total. The van der Waals surface area contributed by atoms with Gasteiger partial charge in [-0.25, -0.2) is 4.98 Å². The third-order valence-electron chi connectivity index (χ3n) is 6.59. The summed E-state index contributed by atoms with van der Waals surface area (Å²) in [4.78, 5) is 22.9. The lowest BCUT2D eigenvalue weighted by Gasteiger charge is -2.49. The summed E-state index contributed by atoms with van der Waals surface area (Å²) in [5.74, 6) is 0.273. The van der Waals surface area contributed by atoms with Crippen molar-refractivity contribution in [1.29, 1.82) is 0 Å². The van der Waals surface area contributed by atoms with Gasteiger partial charge in [-0.1, -0.05) is 23.7 Å². The van der Waals surface area contributed by atoms with Crippen LogP contribution >= 0.6 is 11.6 Å². The van der Waals surface area contributed by atoms with Crippen molar-refractivity contribution < 1.29 is 9.90 Å². The molecule has 2 fully saturated rings. The highest BCUT2D eigenvalue weighted by atomic mass is 35.5. The number of piperazine rings is 1. The predicted octanol–water partition coefficient (Wildman–Crippen LogP) is 1.87. The fourth-order valence-electron chi connectivity index (χ4n) is 4.58. The van der Waals surface area contributed by atoms with Crippen molar-refractivity contribution in [3.05, 3.63) is 52.7 Å². The third-order valence-corrected chi connectivity index (χ3v) is 6.84. The zero-order valence-electron chi connectivity index (χ0n) is 18.4. The van der Waals surface area contributed by atoms with Gasteiger partial charge in [0.1, 0.15) is 0 Å². The lowest BCUT2D eigenvalue weighted by molar-refractivity contribution is 0.0188. The molecule has 0 radical (unpaired) electrons. The van der Waals surface area contributed by atoms with Crippen LogP contribution in [0.4, 0.5) is 5.82 Å². The molecular weight excluding hydrogens is 428 g/mol. The Kier molecular flexibility index (Phi) is 6.85. The maximum absolute atomic E-state index is 11.7. The molecule has 1 aromatic carbocycles. The number of anilines is 1. The molecule has 0 aliphatic carbocycles. The molecule has 32 heavy (non-hydrogen) atoms. The Morgan fingerprint density at radius 3 is 2.41 bits per heavy atom. The average Bonchev–Trinajstić information content (AvgIpc) is 2.81. The molecule has 0 spiro atoms. The van der Waals surface area contributed by atoms with E-state index in [1.165, 1.54) is 17.8 Å². The van der Waals surface area contributed by atoms with Crippen molar-refractivity contribution in [3.8, 4) is 5.75 Å². The smallest absolute Gasteiger partial charge is 0.252 e. The molecule has 1 amide bonds. The van der Waals surface area contributed by atoms with Gasteiger partial charge in [0.2, 0.25) is 0 Å². The van der Waals surface area contributed by atoms with Gasteiger partial charge in [0, 0.05) is 64.1 Å². The number of nitrogens with one attached hydrogen (secondary N) is 1. The molecule has 9 heteroatoms. The van der Waals surface area contributed by atoms with Gasteiger partial charge < -0.3 is 21.1 Å². The Balaban J connectivity index is 1.30. The summed E-state index contributed by atoms with van der Waals surface area (Å²) in [6.45, 7) is 5.92. The van der Waals surface area contributed by atoms with E-state index in [1.54, 1.807) is 7.05 Å². The largest absolute Gasteiger partial charge is 0.504 e. The number of nitrogens with zero attached hydrogens (tertiary/aromatic N) is 4. The number of nitrogens with two attached hydrogens (primary N) is 1. The molecule has 3 heterocycles. The first-order chi connectivity index (χ1) is 15.4. The second-order valence-electron chi connectivity index (χ2n) is 8.63. The Bertz CT molecular complexity index is 938. The monoisotopic (exact) mass is 458 g/mol. The number of aromatic hydroxyl groups is 1. The fraction of sp³-hybridized carbons (Fsp3) is 0.478. The van der Waals surface area contributed by atoms with Gasteiger partial charge in [-0.15, -0.1) is 0 Å². The van der Waals surface area contributed by atoms with Crippen molar-refractivity contribution in [1.82, 2.24) is 20.1 Å². The first-order valence-electron chi connectivity index (χ1n) is 11.0. The minimum Gasteiger partial charge on any atom is -0.504 e. The molecule has 172 valence electrons. The molecule has 2 aliphatic rings. The van der Waals surface area contributed by atoms with Crippen LogP contribution in [0.25, 0.3) is 0 Å². The molecule has 0 unspecified atom stereocenters. The van der Waals surface area contributed by atoms with Crippen LogP contribution in [-0.2, 0) is 6.54 Å². The molecule has 4 rings (SSSR count). The van der Waals surface area contributed by atoms with Crippen LogP contribution in [0.15, 0.2) is 36.5 Å². The number of carbonyl (C=O) groups is 1. The van der Waals surface area contributed by atoms with E-state index >= 15 is 0 Å². The van der Waals surface area contributed by atoms with E-state index in [0.29, 0.717) is 11.4 Å². The normalized spacial score (nSPS) is 19.7. The summed E-state index contributed by atoms with van der Waals surface area (Å²) in [7, 11) is 1.55. The highest BCUT2D eigenvalue weighted by Gasteiger charge is 2.38. The summed E-state index contributed by atoms with van der Waals surface area (Å²) in [5.41, 5.74) is 8.15. The maximum atomic E-state index is 11.7. The van der Waals surface area contributed by atoms with Gasteiger partial charge in [0.25, 0.3) is 5.91 Å². The number of amides is 1. The summed E-state index contributed by atoms with van der Waals surface area (Å²) in [5, 5.41) is 13.7. The number of likely N-dealkylation sites (tertiary alicyclic amines) is 1. The van der Waals surface area contributed by atoms with Crippen LogP contribution in [-0.4, -0.2) is 77.8 Å². The number of halogens is 1. The number of pyridine rings is 1. The Labute approximate surface area is 194 Å². The van der Waals surface area contributed by atoms with Crippen LogP contribution in [0.1, 0.15) is 28.8 Å². The average molecular weight is 459 g/mol. The number of benzene rings is 1. The van der Waals surface area contributed by atoms with Crippen molar-refractivity contribution in [3.63, 3.8) is 0 Å². The summed E-state index contributed by atoms with van der Waals surface area (Å²) >= 11 is 5.99. The van der Waals surface area contributed by atoms with Crippen LogP contribution < -0.4 is 16.0 Å².